The number of nitrogens with one attached hydrogen (secondary N) is 1. The van der Waals surface area contributed by atoms with Gasteiger partial charge in [-0.2, -0.15) is 0 Å². The van der Waals surface area contributed by atoms with Crippen molar-refractivity contribution < 1.29 is 9.47 Å². The zero-order valence-corrected chi connectivity index (χ0v) is 10.00. The number of likely N-dealkylation sites (tertiary alicyclic amines) is 1. The molecular formula is C11H24N2O2. The third-order valence-electron chi connectivity index (χ3n) is 2.89. The van der Waals surface area contributed by atoms with Crippen LogP contribution >= 0.6 is 0 Å². The first-order valence-corrected chi connectivity index (χ1v) is 5.85. The SMILES string of the molecule is COC(CNCCN1CCCCC1)OC. The van der Waals surface area contributed by atoms with Crippen LogP contribution in [0.15, 0.2) is 0 Å². The van der Waals surface area contributed by atoms with E-state index >= 15 is 0 Å². The quantitative estimate of drug-likeness (QED) is 0.501. The topological polar surface area (TPSA) is 33.7 Å². The molecule has 1 saturated heterocycles. The number of rotatable bonds is 7. The zero-order chi connectivity index (χ0) is 10.9. The van der Waals surface area contributed by atoms with Gasteiger partial charge in [-0.3, -0.25) is 0 Å². The van der Waals surface area contributed by atoms with Crippen LogP contribution in [0.2, 0.25) is 0 Å². The lowest BCUT2D eigenvalue weighted by atomic mass is 10.1. The Kier molecular flexibility index (Phi) is 6.92. The van der Waals surface area contributed by atoms with Gasteiger partial charge < -0.3 is 19.7 Å². The first kappa shape index (κ1) is 12.9. The van der Waals surface area contributed by atoms with Crippen molar-refractivity contribution in [2.75, 3.05) is 46.9 Å². The van der Waals surface area contributed by atoms with Crippen LogP contribution in [0.3, 0.4) is 0 Å². The molecule has 1 N–H and O–H groups in total. The van der Waals surface area contributed by atoms with Gasteiger partial charge in [-0.05, 0) is 25.9 Å². The van der Waals surface area contributed by atoms with E-state index < -0.39 is 0 Å². The minimum atomic E-state index is -0.119. The van der Waals surface area contributed by atoms with Crippen molar-refractivity contribution >= 4 is 0 Å². The average molecular weight is 216 g/mol. The van der Waals surface area contributed by atoms with Crippen LogP contribution in [0.25, 0.3) is 0 Å². The van der Waals surface area contributed by atoms with Gasteiger partial charge in [0.2, 0.25) is 0 Å². The molecule has 0 aliphatic carbocycles. The summed E-state index contributed by atoms with van der Waals surface area (Å²) in [7, 11) is 3.33. The Balaban J connectivity index is 1.95. The van der Waals surface area contributed by atoms with E-state index in [-0.39, 0.29) is 6.29 Å². The lowest BCUT2D eigenvalue weighted by Gasteiger charge is -2.26. The summed E-state index contributed by atoms with van der Waals surface area (Å²) < 4.78 is 10.2. The molecule has 15 heavy (non-hydrogen) atoms. The molecule has 0 aromatic carbocycles. The van der Waals surface area contributed by atoms with Crippen molar-refractivity contribution in [2.24, 2.45) is 0 Å². The Morgan fingerprint density at radius 1 is 1.13 bits per heavy atom. The smallest absolute Gasteiger partial charge is 0.169 e. The number of methoxy groups -OCH3 is 2. The van der Waals surface area contributed by atoms with E-state index in [0.29, 0.717) is 0 Å². The average Bonchev–Trinajstić information content (AvgIpc) is 2.31. The second-order valence-electron chi connectivity index (χ2n) is 4.01. The Labute approximate surface area is 92.9 Å². The number of ether oxygens (including phenoxy) is 2. The van der Waals surface area contributed by atoms with E-state index in [1.165, 1.54) is 32.4 Å². The van der Waals surface area contributed by atoms with Gasteiger partial charge in [0.05, 0.1) is 0 Å². The standard InChI is InChI=1S/C11H24N2O2/c1-14-11(15-2)10-12-6-9-13-7-4-3-5-8-13/h11-12H,3-10H2,1-2H3. The van der Waals surface area contributed by atoms with Crippen LogP contribution in [-0.2, 0) is 9.47 Å². The largest absolute Gasteiger partial charge is 0.355 e. The summed E-state index contributed by atoms with van der Waals surface area (Å²) in [5, 5.41) is 3.34. The van der Waals surface area contributed by atoms with E-state index in [2.05, 4.69) is 10.2 Å². The molecule has 1 heterocycles. The fraction of sp³-hybridized carbons (Fsp3) is 1.00. The molecule has 0 aromatic heterocycles. The fourth-order valence-corrected chi connectivity index (χ4v) is 1.90. The molecule has 0 amide bonds. The van der Waals surface area contributed by atoms with Gasteiger partial charge >= 0.3 is 0 Å². The third-order valence-corrected chi connectivity index (χ3v) is 2.89. The lowest BCUT2D eigenvalue weighted by Crippen LogP contribution is -2.38. The van der Waals surface area contributed by atoms with E-state index in [9.17, 15) is 0 Å². The predicted octanol–water partition coefficient (Wildman–Crippen LogP) is 0.681. The molecule has 0 bridgehead atoms. The maximum atomic E-state index is 5.09. The van der Waals surface area contributed by atoms with Crippen LogP contribution in [0.1, 0.15) is 19.3 Å². The first-order valence-electron chi connectivity index (χ1n) is 5.85. The van der Waals surface area contributed by atoms with E-state index in [4.69, 9.17) is 9.47 Å². The molecule has 1 aliphatic rings. The summed E-state index contributed by atoms with van der Waals surface area (Å²) in [6.45, 7) is 5.45. The van der Waals surface area contributed by atoms with Crippen molar-refractivity contribution in [3.05, 3.63) is 0 Å². The maximum Gasteiger partial charge on any atom is 0.169 e. The molecule has 0 spiro atoms. The number of hydrogen-bond donors (Lipinski definition) is 1. The summed E-state index contributed by atoms with van der Waals surface area (Å²) in [5.74, 6) is 0. The van der Waals surface area contributed by atoms with Crippen LogP contribution in [-0.4, -0.2) is 58.1 Å². The number of nitrogens with zero attached hydrogens (tertiary/aromatic N) is 1. The Morgan fingerprint density at radius 2 is 1.80 bits per heavy atom. The molecule has 4 nitrogen and oxygen atoms in total. The van der Waals surface area contributed by atoms with Gasteiger partial charge in [-0.15, -0.1) is 0 Å². The summed E-state index contributed by atoms with van der Waals surface area (Å²) in [4.78, 5) is 2.52. The normalized spacial score (nSPS) is 18.6. The minimum Gasteiger partial charge on any atom is -0.355 e. The van der Waals surface area contributed by atoms with Crippen LogP contribution in [0.4, 0.5) is 0 Å². The van der Waals surface area contributed by atoms with E-state index in [1.54, 1.807) is 14.2 Å². The summed E-state index contributed by atoms with van der Waals surface area (Å²) in [5.41, 5.74) is 0. The summed E-state index contributed by atoms with van der Waals surface area (Å²) >= 11 is 0. The van der Waals surface area contributed by atoms with Gasteiger partial charge in [0, 0.05) is 33.9 Å². The number of piperidine rings is 1. The highest BCUT2D eigenvalue weighted by Gasteiger charge is 2.09. The lowest BCUT2D eigenvalue weighted by molar-refractivity contribution is -0.0987. The van der Waals surface area contributed by atoms with Gasteiger partial charge in [-0.25, -0.2) is 0 Å². The van der Waals surface area contributed by atoms with E-state index in [1.807, 2.05) is 0 Å². The molecule has 1 fully saturated rings. The van der Waals surface area contributed by atoms with Crippen molar-refractivity contribution in [2.45, 2.75) is 25.6 Å². The number of hydrogen-bond acceptors (Lipinski definition) is 4. The molecule has 90 valence electrons. The van der Waals surface area contributed by atoms with Crippen LogP contribution in [0.5, 0.6) is 0 Å². The molecule has 0 saturated carbocycles. The third kappa shape index (κ3) is 5.47. The Hall–Kier alpha value is -0.160. The maximum absolute atomic E-state index is 5.09. The summed E-state index contributed by atoms with van der Waals surface area (Å²) in [6, 6.07) is 0. The van der Waals surface area contributed by atoms with E-state index in [0.717, 1.165) is 19.6 Å². The van der Waals surface area contributed by atoms with Gasteiger partial charge in [0.25, 0.3) is 0 Å². The van der Waals surface area contributed by atoms with Gasteiger partial charge in [-0.1, -0.05) is 6.42 Å². The predicted molar refractivity (Wildman–Crippen MR) is 61.0 cm³/mol. The van der Waals surface area contributed by atoms with Crippen molar-refractivity contribution in [3.63, 3.8) is 0 Å². The monoisotopic (exact) mass is 216 g/mol. The highest BCUT2D eigenvalue weighted by Crippen LogP contribution is 2.07. The van der Waals surface area contributed by atoms with Gasteiger partial charge in [0.15, 0.2) is 6.29 Å². The minimum absolute atomic E-state index is 0.119. The zero-order valence-electron chi connectivity index (χ0n) is 10.00. The second kappa shape index (κ2) is 8.05. The molecule has 0 aromatic rings. The van der Waals surface area contributed by atoms with Crippen molar-refractivity contribution in [1.29, 1.82) is 0 Å². The molecule has 0 radical (unpaired) electrons. The highest BCUT2D eigenvalue weighted by molar-refractivity contribution is 4.65. The summed E-state index contributed by atoms with van der Waals surface area (Å²) in [6.07, 6.45) is 4.00. The Bertz CT molecular complexity index is 146. The van der Waals surface area contributed by atoms with Crippen molar-refractivity contribution in [3.8, 4) is 0 Å². The molecular weight excluding hydrogens is 192 g/mol. The highest BCUT2D eigenvalue weighted by atomic mass is 16.7. The molecule has 4 heteroatoms. The molecule has 1 aliphatic heterocycles. The molecule has 0 unspecified atom stereocenters. The Morgan fingerprint density at radius 3 is 2.40 bits per heavy atom. The van der Waals surface area contributed by atoms with Gasteiger partial charge in [0.1, 0.15) is 0 Å². The van der Waals surface area contributed by atoms with Crippen molar-refractivity contribution in [1.82, 2.24) is 10.2 Å². The second-order valence-corrected chi connectivity index (χ2v) is 4.01. The fourth-order valence-electron chi connectivity index (χ4n) is 1.90. The first-order chi connectivity index (χ1) is 7.36. The molecule has 0 atom stereocenters. The van der Waals surface area contributed by atoms with Crippen LogP contribution < -0.4 is 5.32 Å². The molecule has 1 rings (SSSR count). The van der Waals surface area contributed by atoms with Crippen LogP contribution in [0, 0.1) is 0 Å².